The Hall–Kier alpha value is -2.54. The zero-order valence-electron chi connectivity index (χ0n) is 16.7. The van der Waals surface area contributed by atoms with E-state index in [1.165, 1.54) is 19.3 Å². The van der Waals surface area contributed by atoms with Crippen molar-refractivity contribution in [3.63, 3.8) is 0 Å². The first kappa shape index (κ1) is 18.8. The van der Waals surface area contributed by atoms with Gasteiger partial charge in [0.1, 0.15) is 5.82 Å². The molecule has 1 aromatic carbocycles. The number of anilines is 1. The first-order chi connectivity index (χ1) is 13.7. The highest BCUT2D eigenvalue weighted by atomic mass is 16.5. The highest BCUT2D eigenvalue weighted by Crippen LogP contribution is 2.38. The maximum Gasteiger partial charge on any atom is 0.349 e. The predicted molar refractivity (Wildman–Crippen MR) is 110 cm³/mol. The van der Waals surface area contributed by atoms with E-state index in [-0.39, 0.29) is 5.69 Å². The van der Waals surface area contributed by atoms with E-state index in [4.69, 9.17) is 9.47 Å². The van der Waals surface area contributed by atoms with E-state index in [2.05, 4.69) is 15.2 Å². The van der Waals surface area contributed by atoms with E-state index in [0.717, 1.165) is 49.4 Å². The van der Waals surface area contributed by atoms with Crippen LogP contribution in [-0.2, 0) is 13.0 Å². The molecule has 4 rings (SSSR count). The average molecular weight is 384 g/mol. The summed E-state index contributed by atoms with van der Waals surface area (Å²) in [6.45, 7) is 4.71. The molecule has 0 saturated carbocycles. The fourth-order valence-corrected chi connectivity index (χ4v) is 4.16. The van der Waals surface area contributed by atoms with Crippen LogP contribution in [0.5, 0.6) is 11.5 Å². The third-order valence-corrected chi connectivity index (χ3v) is 5.68. The lowest BCUT2D eigenvalue weighted by molar-refractivity contribution is 0.237. The number of benzene rings is 1. The summed E-state index contributed by atoms with van der Waals surface area (Å²) in [5, 5.41) is 3.34. The van der Waals surface area contributed by atoms with E-state index in [1.54, 1.807) is 18.8 Å². The Balaban J connectivity index is 1.58. The molecule has 0 atom stereocenters. The van der Waals surface area contributed by atoms with Gasteiger partial charge in [0.05, 0.1) is 19.9 Å². The van der Waals surface area contributed by atoms with Crippen LogP contribution in [0.3, 0.4) is 0 Å². The maximum absolute atomic E-state index is 12.6. The molecule has 0 spiro atoms. The minimum Gasteiger partial charge on any atom is -0.493 e. The van der Waals surface area contributed by atoms with Crippen molar-refractivity contribution in [3.05, 3.63) is 34.2 Å². The molecule has 7 heteroatoms. The second-order valence-electron chi connectivity index (χ2n) is 7.40. The summed E-state index contributed by atoms with van der Waals surface area (Å²) >= 11 is 0. The SMILES string of the molecule is COc1cc2c(cc1OC)-c1cc(NCCN3CCCCC3)nc(=O)n1CC2. The minimum absolute atomic E-state index is 0.210. The number of hydrogen-bond acceptors (Lipinski definition) is 6. The molecule has 0 amide bonds. The number of aromatic nitrogens is 2. The van der Waals surface area contributed by atoms with Crippen molar-refractivity contribution in [2.45, 2.75) is 32.2 Å². The third kappa shape index (κ3) is 3.71. The highest BCUT2D eigenvalue weighted by Gasteiger charge is 2.21. The molecule has 1 saturated heterocycles. The Morgan fingerprint density at radius 1 is 1.04 bits per heavy atom. The van der Waals surface area contributed by atoms with Crippen molar-refractivity contribution in [3.8, 4) is 22.8 Å². The zero-order chi connectivity index (χ0) is 19.5. The number of methoxy groups -OCH3 is 2. The van der Waals surface area contributed by atoms with Crippen LogP contribution in [0.2, 0.25) is 0 Å². The van der Waals surface area contributed by atoms with Crippen LogP contribution < -0.4 is 20.5 Å². The van der Waals surface area contributed by atoms with E-state index < -0.39 is 0 Å². The molecule has 0 radical (unpaired) electrons. The molecule has 150 valence electrons. The summed E-state index contributed by atoms with van der Waals surface area (Å²) < 4.78 is 12.6. The van der Waals surface area contributed by atoms with Crippen molar-refractivity contribution in [1.29, 1.82) is 0 Å². The standard InChI is InChI=1S/C21H28N4O3/c1-27-18-12-15-6-10-25-17(16(15)13-19(18)28-2)14-20(23-21(25)26)22-7-11-24-8-4-3-5-9-24/h12-14H,3-11H2,1-2H3,(H,22,23,26). The molecule has 3 heterocycles. The number of piperidine rings is 1. The molecular formula is C21H28N4O3. The van der Waals surface area contributed by atoms with E-state index >= 15 is 0 Å². The van der Waals surface area contributed by atoms with Crippen molar-refractivity contribution in [2.24, 2.45) is 0 Å². The van der Waals surface area contributed by atoms with Crippen molar-refractivity contribution in [2.75, 3.05) is 45.7 Å². The summed E-state index contributed by atoms with van der Waals surface area (Å²) in [6.07, 6.45) is 4.66. The lowest BCUT2D eigenvalue weighted by Gasteiger charge is -2.26. The smallest absolute Gasteiger partial charge is 0.349 e. The normalized spacial score (nSPS) is 16.2. The average Bonchev–Trinajstić information content (AvgIpc) is 2.73. The first-order valence-electron chi connectivity index (χ1n) is 10.0. The lowest BCUT2D eigenvalue weighted by Crippen LogP contribution is -2.34. The molecule has 1 aromatic heterocycles. The fraction of sp³-hybridized carbons (Fsp3) is 0.524. The van der Waals surface area contributed by atoms with Crippen molar-refractivity contribution in [1.82, 2.24) is 14.5 Å². The molecule has 0 aliphatic carbocycles. The third-order valence-electron chi connectivity index (χ3n) is 5.68. The largest absolute Gasteiger partial charge is 0.493 e. The zero-order valence-corrected chi connectivity index (χ0v) is 16.7. The summed E-state index contributed by atoms with van der Waals surface area (Å²) in [5.41, 5.74) is 2.83. The number of rotatable bonds is 6. The number of fused-ring (bicyclic) bond motifs is 3. The summed E-state index contributed by atoms with van der Waals surface area (Å²) in [7, 11) is 3.26. The highest BCUT2D eigenvalue weighted by molar-refractivity contribution is 5.71. The van der Waals surface area contributed by atoms with Gasteiger partial charge in [0.15, 0.2) is 11.5 Å². The quantitative estimate of drug-likeness (QED) is 0.825. The second-order valence-corrected chi connectivity index (χ2v) is 7.40. The monoisotopic (exact) mass is 384 g/mol. The first-order valence-corrected chi connectivity index (χ1v) is 10.0. The molecule has 2 aliphatic heterocycles. The second kappa shape index (κ2) is 8.22. The van der Waals surface area contributed by atoms with Crippen LogP contribution in [0.25, 0.3) is 11.3 Å². The topological polar surface area (TPSA) is 68.6 Å². The number of hydrogen-bond donors (Lipinski definition) is 1. The van der Waals surface area contributed by atoms with Crippen LogP contribution in [0.4, 0.5) is 5.82 Å². The molecule has 1 fully saturated rings. The Bertz CT molecular complexity index is 903. The molecule has 2 aromatic rings. The summed E-state index contributed by atoms with van der Waals surface area (Å²) in [6, 6.07) is 5.93. The molecule has 7 nitrogen and oxygen atoms in total. The van der Waals surface area contributed by atoms with Crippen LogP contribution in [0, 0.1) is 0 Å². The van der Waals surface area contributed by atoms with Gasteiger partial charge in [-0.1, -0.05) is 6.42 Å². The van der Waals surface area contributed by atoms with E-state index in [0.29, 0.717) is 23.9 Å². The predicted octanol–water partition coefficient (Wildman–Crippen LogP) is 2.38. The van der Waals surface area contributed by atoms with Gasteiger partial charge in [0, 0.05) is 31.3 Å². The number of nitrogens with zero attached hydrogens (tertiary/aromatic N) is 3. The van der Waals surface area contributed by atoms with Gasteiger partial charge in [-0.05, 0) is 50.0 Å². The Kier molecular flexibility index (Phi) is 5.52. The lowest BCUT2D eigenvalue weighted by atomic mass is 9.97. The van der Waals surface area contributed by atoms with E-state index in [9.17, 15) is 4.79 Å². The van der Waals surface area contributed by atoms with E-state index in [1.807, 2.05) is 18.2 Å². The van der Waals surface area contributed by atoms with Gasteiger partial charge in [-0.25, -0.2) is 4.79 Å². The summed E-state index contributed by atoms with van der Waals surface area (Å²) in [4.78, 5) is 19.3. The molecule has 1 N–H and O–H groups in total. The van der Waals surface area contributed by atoms with Crippen LogP contribution in [0.15, 0.2) is 23.0 Å². The maximum atomic E-state index is 12.6. The Morgan fingerprint density at radius 3 is 2.54 bits per heavy atom. The van der Waals surface area contributed by atoms with Gasteiger partial charge in [-0.15, -0.1) is 0 Å². The Morgan fingerprint density at radius 2 is 1.79 bits per heavy atom. The van der Waals surface area contributed by atoms with Gasteiger partial charge in [0.2, 0.25) is 0 Å². The number of likely N-dealkylation sites (tertiary alicyclic amines) is 1. The van der Waals surface area contributed by atoms with Gasteiger partial charge in [0.25, 0.3) is 0 Å². The molecule has 28 heavy (non-hydrogen) atoms. The fourth-order valence-electron chi connectivity index (χ4n) is 4.16. The van der Waals surface area contributed by atoms with Gasteiger partial charge >= 0.3 is 5.69 Å². The molecule has 0 bridgehead atoms. The van der Waals surface area contributed by atoms with Gasteiger partial charge in [-0.2, -0.15) is 4.98 Å². The van der Waals surface area contributed by atoms with Crippen molar-refractivity contribution < 1.29 is 9.47 Å². The van der Waals surface area contributed by atoms with Crippen LogP contribution in [0.1, 0.15) is 24.8 Å². The van der Waals surface area contributed by atoms with Crippen LogP contribution in [-0.4, -0.2) is 54.8 Å². The number of ether oxygens (including phenoxy) is 2. The Labute approximate surface area is 165 Å². The van der Waals surface area contributed by atoms with Crippen LogP contribution >= 0.6 is 0 Å². The molecule has 2 aliphatic rings. The summed E-state index contributed by atoms with van der Waals surface area (Å²) in [5.74, 6) is 2.01. The minimum atomic E-state index is -0.210. The molecule has 0 unspecified atom stereocenters. The van der Waals surface area contributed by atoms with Gasteiger partial charge < -0.3 is 19.7 Å². The van der Waals surface area contributed by atoms with Crippen molar-refractivity contribution >= 4 is 5.82 Å². The number of aryl methyl sites for hydroxylation is 1. The van der Waals surface area contributed by atoms with Gasteiger partial charge in [-0.3, -0.25) is 4.57 Å². The molecular weight excluding hydrogens is 356 g/mol. The number of nitrogens with one attached hydrogen (secondary N) is 1.